The van der Waals surface area contributed by atoms with E-state index < -0.39 is 0 Å². The van der Waals surface area contributed by atoms with Crippen LogP contribution in [0, 0.1) is 12.3 Å². The molecule has 19 heavy (non-hydrogen) atoms. The zero-order valence-corrected chi connectivity index (χ0v) is 11.2. The number of ketones is 1. The molecule has 0 spiro atoms. The van der Waals surface area contributed by atoms with Gasteiger partial charge in [-0.1, -0.05) is 13.8 Å². The van der Waals surface area contributed by atoms with E-state index >= 15 is 0 Å². The highest BCUT2D eigenvalue weighted by molar-refractivity contribution is 6.11. The molecule has 4 heteroatoms. The quantitative estimate of drug-likeness (QED) is 0.713. The SMILES string of the molecule is Cc1c(O)c(O)cc2oc3c(c12)C(=O)CC(C)(C)C3. The van der Waals surface area contributed by atoms with Gasteiger partial charge in [-0.15, -0.1) is 0 Å². The van der Waals surface area contributed by atoms with Crippen LogP contribution in [-0.2, 0) is 6.42 Å². The number of aryl methyl sites for hydroxylation is 1. The summed E-state index contributed by atoms with van der Waals surface area (Å²) in [5.41, 5.74) is 1.41. The summed E-state index contributed by atoms with van der Waals surface area (Å²) >= 11 is 0. The summed E-state index contributed by atoms with van der Waals surface area (Å²) in [6.07, 6.45) is 1.15. The van der Waals surface area contributed by atoms with Crippen LogP contribution in [0.1, 0.15) is 41.9 Å². The van der Waals surface area contributed by atoms with Crippen molar-refractivity contribution in [1.82, 2.24) is 0 Å². The lowest BCUT2D eigenvalue weighted by atomic mass is 9.76. The summed E-state index contributed by atoms with van der Waals surface area (Å²) in [6, 6.07) is 1.37. The number of aromatic hydroxyl groups is 2. The maximum Gasteiger partial charge on any atom is 0.167 e. The Hall–Kier alpha value is -1.97. The van der Waals surface area contributed by atoms with Gasteiger partial charge in [0, 0.05) is 29.9 Å². The molecular weight excluding hydrogens is 244 g/mol. The van der Waals surface area contributed by atoms with E-state index in [1.807, 2.05) is 13.8 Å². The Morgan fingerprint density at radius 1 is 1.26 bits per heavy atom. The number of benzene rings is 1. The molecule has 0 saturated carbocycles. The van der Waals surface area contributed by atoms with Gasteiger partial charge in [-0.2, -0.15) is 0 Å². The molecule has 2 aromatic rings. The largest absolute Gasteiger partial charge is 0.504 e. The second-order valence-electron chi connectivity index (χ2n) is 6.08. The molecular formula is C15H16O4. The van der Waals surface area contributed by atoms with Crippen molar-refractivity contribution >= 4 is 16.8 Å². The molecule has 1 aromatic heterocycles. The Kier molecular flexibility index (Phi) is 2.24. The van der Waals surface area contributed by atoms with Gasteiger partial charge in [0.15, 0.2) is 17.3 Å². The average molecular weight is 260 g/mol. The number of fused-ring (bicyclic) bond motifs is 3. The van der Waals surface area contributed by atoms with Gasteiger partial charge < -0.3 is 14.6 Å². The van der Waals surface area contributed by atoms with E-state index in [9.17, 15) is 15.0 Å². The minimum absolute atomic E-state index is 0.0400. The third-order valence-electron chi connectivity index (χ3n) is 3.81. The van der Waals surface area contributed by atoms with Crippen LogP contribution in [0.5, 0.6) is 11.5 Å². The number of furan rings is 1. The first kappa shape index (κ1) is 12.1. The van der Waals surface area contributed by atoms with Crippen LogP contribution in [0.4, 0.5) is 0 Å². The maximum absolute atomic E-state index is 12.3. The Labute approximate surface area is 110 Å². The number of rotatable bonds is 0. The van der Waals surface area contributed by atoms with Crippen LogP contribution in [0.25, 0.3) is 11.0 Å². The summed E-state index contributed by atoms with van der Waals surface area (Å²) in [5.74, 6) is 0.291. The Morgan fingerprint density at radius 2 is 1.95 bits per heavy atom. The molecule has 0 aliphatic heterocycles. The first-order valence-electron chi connectivity index (χ1n) is 6.30. The third-order valence-corrected chi connectivity index (χ3v) is 3.81. The third kappa shape index (κ3) is 1.63. The molecule has 0 bridgehead atoms. The second kappa shape index (κ2) is 3.53. The van der Waals surface area contributed by atoms with E-state index in [1.54, 1.807) is 6.92 Å². The van der Waals surface area contributed by atoms with Gasteiger partial charge in [0.2, 0.25) is 0 Å². The fourth-order valence-corrected chi connectivity index (χ4v) is 2.91. The van der Waals surface area contributed by atoms with Gasteiger partial charge in [0.05, 0.1) is 5.56 Å². The van der Waals surface area contributed by atoms with E-state index in [0.717, 1.165) is 0 Å². The van der Waals surface area contributed by atoms with Gasteiger partial charge in [-0.05, 0) is 12.3 Å². The van der Waals surface area contributed by atoms with Gasteiger partial charge in [-0.25, -0.2) is 0 Å². The maximum atomic E-state index is 12.3. The molecule has 2 N–H and O–H groups in total. The number of phenolic OH excluding ortho intramolecular Hbond substituents is 2. The molecule has 1 aliphatic carbocycles. The van der Waals surface area contributed by atoms with Crippen molar-refractivity contribution in [3.8, 4) is 11.5 Å². The summed E-state index contributed by atoms with van der Waals surface area (Å²) in [5, 5.41) is 20.1. The summed E-state index contributed by atoms with van der Waals surface area (Å²) in [4.78, 5) is 12.3. The molecule has 3 rings (SSSR count). The number of carbonyl (C=O) groups is 1. The lowest BCUT2D eigenvalue weighted by Gasteiger charge is -2.27. The molecule has 1 heterocycles. The minimum atomic E-state index is -0.220. The lowest BCUT2D eigenvalue weighted by Crippen LogP contribution is -2.25. The standard InChI is InChI=1S/C15H16O4/c1-7-12-10(4-8(16)14(7)18)19-11-6-15(2,3)5-9(17)13(11)12/h4,16,18H,5-6H2,1-3H3. The zero-order valence-electron chi connectivity index (χ0n) is 11.2. The van der Waals surface area contributed by atoms with Crippen LogP contribution >= 0.6 is 0 Å². The monoisotopic (exact) mass is 260 g/mol. The highest BCUT2D eigenvalue weighted by atomic mass is 16.3. The molecule has 0 radical (unpaired) electrons. The van der Waals surface area contributed by atoms with E-state index in [4.69, 9.17) is 4.42 Å². The first-order valence-corrected chi connectivity index (χ1v) is 6.30. The van der Waals surface area contributed by atoms with Crippen molar-refractivity contribution in [3.63, 3.8) is 0 Å². The fourth-order valence-electron chi connectivity index (χ4n) is 2.91. The molecule has 0 unspecified atom stereocenters. The smallest absolute Gasteiger partial charge is 0.167 e. The topological polar surface area (TPSA) is 70.7 Å². The van der Waals surface area contributed by atoms with E-state index in [1.165, 1.54) is 6.07 Å². The summed E-state index contributed by atoms with van der Waals surface area (Å²) in [6.45, 7) is 5.74. The zero-order chi connectivity index (χ0) is 13.9. The number of Topliss-reactive ketones (excluding diaryl/α,β-unsaturated/α-hetero) is 1. The number of carbonyl (C=O) groups excluding carboxylic acids is 1. The van der Waals surface area contributed by atoms with E-state index in [-0.39, 0.29) is 22.7 Å². The Bertz CT molecular complexity index is 707. The molecule has 0 saturated heterocycles. The van der Waals surface area contributed by atoms with Crippen LogP contribution in [-0.4, -0.2) is 16.0 Å². The van der Waals surface area contributed by atoms with Crippen LogP contribution < -0.4 is 0 Å². The number of hydrogen-bond acceptors (Lipinski definition) is 4. The predicted molar refractivity (Wildman–Crippen MR) is 70.7 cm³/mol. The van der Waals surface area contributed by atoms with Crippen LogP contribution in [0.15, 0.2) is 10.5 Å². The van der Waals surface area contributed by atoms with Gasteiger partial charge in [-0.3, -0.25) is 4.79 Å². The highest BCUT2D eigenvalue weighted by Gasteiger charge is 2.36. The normalized spacial score (nSPS) is 17.7. The molecule has 4 nitrogen and oxygen atoms in total. The average Bonchev–Trinajstić information content (AvgIpc) is 2.62. The Balaban J connectivity index is 2.37. The minimum Gasteiger partial charge on any atom is -0.504 e. The van der Waals surface area contributed by atoms with Crippen LogP contribution in [0.2, 0.25) is 0 Å². The predicted octanol–water partition coefficient (Wildman–Crippen LogP) is 3.31. The van der Waals surface area contributed by atoms with Gasteiger partial charge in [0.1, 0.15) is 11.3 Å². The first-order chi connectivity index (χ1) is 8.80. The van der Waals surface area contributed by atoms with E-state index in [2.05, 4.69) is 0 Å². The highest BCUT2D eigenvalue weighted by Crippen LogP contribution is 2.44. The van der Waals surface area contributed by atoms with Crippen LogP contribution in [0.3, 0.4) is 0 Å². The second-order valence-corrected chi connectivity index (χ2v) is 6.08. The van der Waals surface area contributed by atoms with Crippen molar-refractivity contribution in [2.24, 2.45) is 5.41 Å². The van der Waals surface area contributed by atoms with Crippen molar-refractivity contribution in [2.45, 2.75) is 33.6 Å². The van der Waals surface area contributed by atoms with Gasteiger partial charge in [0.25, 0.3) is 0 Å². The lowest BCUT2D eigenvalue weighted by molar-refractivity contribution is 0.0906. The summed E-state index contributed by atoms with van der Waals surface area (Å²) < 4.78 is 5.72. The van der Waals surface area contributed by atoms with E-state index in [0.29, 0.717) is 40.7 Å². The number of phenols is 2. The van der Waals surface area contributed by atoms with Crippen molar-refractivity contribution in [2.75, 3.05) is 0 Å². The number of hydrogen-bond donors (Lipinski definition) is 2. The molecule has 0 fully saturated rings. The molecule has 1 aliphatic rings. The molecule has 1 aromatic carbocycles. The van der Waals surface area contributed by atoms with Crippen molar-refractivity contribution in [1.29, 1.82) is 0 Å². The van der Waals surface area contributed by atoms with Crippen molar-refractivity contribution < 1.29 is 19.4 Å². The molecule has 0 atom stereocenters. The van der Waals surface area contributed by atoms with Crippen molar-refractivity contribution in [3.05, 3.63) is 23.0 Å². The molecule has 100 valence electrons. The Morgan fingerprint density at radius 3 is 2.63 bits per heavy atom. The fraction of sp³-hybridized carbons (Fsp3) is 0.400. The van der Waals surface area contributed by atoms with Gasteiger partial charge >= 0.3 is 0 Å². The molecule has 0 amide bonds. The summed E-state index contributed by atoms with van der Waals surface area (Å²) in [7, 11) is 0.